The molecule has 9 aromatic carbocycles. The van der Waals surface area contributed by atoms with Crippen molar-refractivity contribution in [3.8, 4) is 66.8 Å². The van der Waals surface area contributed by atoms with Crippen molar-refractivity contribution in [3.63, 3.8) is 0 Å². The van der Waals surface area contributed by atoms with Gasteiger partial charge < -0.3 is 4.90 Å². The van der Waals surface area contributed by atoms with E-state index in [0.29, 0.717) is 0 Å². The molecule has 0 unspecified atom stereocenters. The van der Waals surface area contributed by atoms with Gasteiger partial charge in [-0.3, -0.25) is 0 Å². The quantitative estimate of drug-likeness (QED) is 0.134. The average Bonchev–Trinajstić information content (AvgIpc) is 3.63. The van der Waals surface area contributed by atoms with Crippen LogP contribution >= 0.6 is 0 Å². The maximum Gasteiger partial charge on any atom is 0.0540 e. The topological polar surface area (TPSA) is 3.24 Å². The number of nitrogens with zero attached hydrogens (tertiary/aromatic N) is 1. The SMILES string of the molecule is CCC1(CC)c2ccccc2-c2c(-c3ccc(N(c4ccc(-c5ccccc5)cc4)c4ccccc4-c4ccccc4)cc3)ccc(-c3ccccc3-c3ccccc3)c21. The van der Waals surface area contributed by atoms with Gasteiger partial charge in [0.2, 0.25) is 0 Å². The molecule has 1 nitrogen and oxygen atoms in total. The molecule has 0 amide bonds. The van der Waals surface area contributed by atoms with Gasteiger partial charge >= 0.3 is 0 Å². The lowest BCUT2D eigenvalue weighted by atomic mass is 9.70. The van der Waals surface area contributed by atoms with Gasteiger partial charge in [-0.2, -0.15) is 0 Å². The summed E-state index contributed by atoms with van der Waals surface area (Å²) in [5.41, 5.74) is 21.2. The van der Waals surface area contributed by atoms with E-state index >= 15 is 0 Å². The Labute approximate surface area is 354 Å². The molecule has 10 rings (SSSR count). The monoisotopic (exact) mass is 769 g/mol. The average molecular weight is 770 g/mol. The molecule has 0 bridgehead atoms. The van der Waals surface area contributed by atoms with E-state index in [-0.39, 0.29) is 5.41 Å². The minimum atomic E-state index is -0.106. The molecule has 0 saturated carbocycles. The zero-order chi connectivity index (χ0) is 40.5. The van der Waals surface area contributed by atoms with Gasteiger partial charge in [0.15, 0.2) is 0 Å². The first kappa shape index (κ1) is 37.1. The second-order valence-corrected chi connectivity index (χ2v) is 15.8. The Morgan fingerprint density at radius 3 is 1.33 bits per heavy atom. The zero-order valence-electron chi connectivity index (χ0n) is 34.2. The normalized spacial score (nSPS) is 12.4. The summed E-state index contributed by atoms with van der Waals surface area (Å²) >= 11 is 0. The first-order valence-corrected chi connectivity index (χ1v) is 21.3. The molecule has 0 atom stereocenters. The van der Waals surface area contributed by atoms with Gasteiger partial charge in [0.1, 0.15) is 0 Å². The summed E-state index contributed by atoms with van der Waals surface area (Å²) in [7, 11) is 0. The van der Waals surface area contributed by atoms with Gasteiger partial charge in [-0.15, -0.1) is 0 Å². The lowest BCUT2D eigenvalue weighted by Crippen LogP contribution is -2.24. The van der Waals surface area contributed by atoms with Crippen molar-refractivity contribution in [1.82, 2.24) is 0 Å². The van der Waals surface area contributed by atoms with Crippen LogP contribution in [0.25, 0.3) is 66.8 Å². The number of hydrogen-bond acceptors (Lipinski definition) is 1. The van der Waals surface area contributed by atoms with Crippen LogP contribution in [0.5, 0.6) is 0 Å². The molecule has 0 spiro atoms. The third kappa shape index (κ3) is 6.35. The van der Waals surface area contributed by atoms with E-state index in [1.54, 1.807) is 0 Å². The fraction of sp³-hybridized carbons (Fsp3) is 0.0847. The summed E-state index contributed by atoms with van der Waals surface area (Å²) in [6, 6.07) is 82.1. The predicted molar refractivity (Wildman–Crippen MR) is 255 cm³/mol. The second kappa shape index (κ2) is 15.9. The molecule has 9 aromatic rings. The Bertz CT molecular complexity index is 2910. The van der Waals surface area contributed by atoms with E-state index in [2.05, 4.69) is 243 Å². The Hall–Kier alpha value is -7.22. The number of benzene rings is 9. The third-order valence-corrected chi connectivity index (χ3v) is 12.8. The highest BCUT2D eigenvalue weighted by atomic mass is 15.1. The van der Waals surface area contributed by atoms with Crippen molar-refractivity contribution < 1.29 is 0 Å². The Morgan fingerprint density at radius 1 is 0.317 bits per heavy atom. The largest absolute Gasteiger partial charge is 0.310 e. The van der Waals surface area contributed by atoms with Crippen molar-refractivity contribution in [1.29, 1.82) is 0 Å². The first-order chi connectivity index (χ1) is 29.7. The lowest BCUT2D eigenvalue weighted by molar-refractivity contribution is 0.491. The highest BCUT2D eigenvalue weighted by molar-refractivity contribution is 6.00. The molecule has 0 aromatic heterocycles. The molecular weight excluding hydrogens is 723 g/mol. The smallest absolute Gasteiger partial charge is 0.0540 e. The Balaban J connectivity index is 1.14. The molecule has 0 N–H and O–H groups in total. The molecule has 0 fully saturated rings. The van der Waals surface area contributed by atoms with Crippen LogP contribution < -0.4 is 4.90 Å². The van der Waals surface area contributed by atoms with Gasteiger partial charge in [-0.25, -0.2) is 0 Å². The van der Waals surface area contributed by atoms with Crippen molar-refractivity contribution in [3.05, 3.63) is 236 Å². The summed E-state index contributed by atoms with van der Waals surface area (Å²) in [6.45, 7) is 4.75. The van der Waals surface area contributed by atoms with E-state index in [0.717, 1.165) is 29.9 Å². The summed E-state index contributed by atoms with van der Waals surface area (Å²) in [5, 5.41) is 0. The molecule has 60 heavy (non-hydrogen) atoms. The third-order valence-electron chi connectivity index (χ3n) is 12.8. The number of anilines is 3. The Kier molecular flexibility index (Phi) is 9.79. The fourth-order valence-electron chi connectivity index (χ4n) is 9.85. The zero-order valence-corrected chi connectivity index (χ0v) is 34.2. The number of rotatable bonds is 10. The van der Waals surface area contributed by atoms with E-state index in [4.69, 9.17) is 0 Å². The molecule has 1 aliphatic rings. The van der Waals surface area contributed by atoms with Crippen molar-refractivity contribution in [2.45, 2.75) is 32.1 Å². The first-order valence-electron chi connectivity index (χ1n) is 21.3. The molecule has 0 aliphatic heterocycles. The van der Waals surface area contributed by atoms with Crippen LogP contribution in [0.2, 0.25) is 0 Å². The number of hydrogen-bond donors (Lipinski definition) is 0. The van der Waals surface area contributed by atoms with Gasteiger partial charge in [0.05, 0.1) is 5.69 Å². The lowest BCUT2D eigenvalue weighted by Gasteiger charge is -2.32. The fourth-order valence-corrected chi connectivity index (χ4v) is 9.85. The molecule has 1 aliphatic carbocycles. The van der Waals surface area contributed by atoms with Crippen LogP contribution in [0.3, 0.4) is 0 Å². The minimum absolute atomic E-state index is 0.106. The molecule has 288 valence electrons. The van der Waals surface area contributed by atoms with Crippen molar-refractivity contribution >= 4 is 17.1 Å². The standard InChI is InChI=1S/C59H47N/c1-3-59(4-2)55-30-18-16-29-54(55)57-51(40-41-53(58(57)59)52-28-15-14-26-49(52)44-22-10-6-11-23-44)46-34-38-48(39-35-46)60(47-36-32-43(33-37-47)42-20-8-5-9-21-42)56-31-19-17-27-50(56)45-24-12-7-13-25-45/h5-41H,3-4H2,1-2H3. The predicted octanol–water partition coefficient (Wildman–Crippen LogP) is 16.6. The van der Waals surface area contributed by atoms with Crippen LogP contribution in [0.4, 0.5) is 17.1 Å². The molecule has 0 saturated heterocycles. The highest BCUT2D eigenvalue weighted by Crippen LogP contribution is 2.59. The van der Waals surface area contributed by atoms with Crippen molar-refractivity contribution in [2.24, 2.45) is 0 Å². The van der Waals surface area contributed by atoms with Gasteiger partial charge in [0.25, 0.3) is 0 Å². The van der Waals surface area contributed by atoms with Crippen LogP contribution in [0.1, 0.15) is 37.8 Å². The van der Waals surface area contributed by atoms with Crippen LogP contribution in [-0.4, -0.2) is 0 Å². The van der Waals surface area contributed by atoms with Crippen molar-refractivity contribution in [2.75, 3.05) is 4.90 Å². The maximum absolute atomic E-state index is 2.41. The van der Waals surface area contributed by atoms with Crippen LogP contribution in [-0.2, 0) is 5.41 Å². The molecular formula is C59H47N. The van der Waals surface area contributed by atoms with Gasteiger partial charge in [-0.05, 0) is 115 Å². The highest BCUT2D eigenvalue weighted by Gasteiger charge is 2.43. The van der Waals surface area contributed by atoms with E-state index in [9.17, 15) is 0 Å². The van der Waals surface area contributed by atoms with Gasteiger partial charge in [-0.1, -0.05) is 208 Å². The minimum Gasteiger partial charge on any atom is -0.310 e. The number of fused-ring (bicyclic) bond motifs is 3. The van der Waals surface area contributed by atoms with E-state index < -0.39 is 0 Å². The molecule has 0 heterocycles. The van der Waals surface area contributed by atoms with Gasteiger partial charge in [0, 0.05) is 22.4 Å². The Morgan fingerprint density at radius 2 is 0.733 bits per heavy atom. The van der Waals surface area contributed by atoms with E-state index in [1.807, 2.05) is 0 Å². The number of para-hydroxylation sites is 1. The second-order valence-electron chi connectivity index (χ2n) is 15.8. The molecule has 1 heteroatoms. The van der Waals surface area contributed by atoms with Crippen LogP contribution in [0, 0.1) is 0 Å². The van der Waals surface area contributed by atoms with Crippen LogP contribution in [0.15, 0.2) is 224 Å². The maximum atomic E-state index is 2.41. The summed E-state index contributed by atoms with van der Waals surface area (Å²) < 4.78 is 0. The summed E-state index contributed by atoms with van der Waals surface area (Å²) in [4.78, 5) is 2.41. The summed E-state index contributed by atoms with van der Waals surface area (Å²) in [6.07, 6.45) is 2.05. The summed E-state index contributed by atoms with van der Waals surface area (Å²) in [5.74, 6) is 0. The molecule has 0 radical (unpaired) electrons. The van der Waals surface area contributed by atoms with E-state index in [1.165, 1.54) is 77.9 Å².